The highest BCUT2D eigenvalue weighted by Crippen LogP contribution is 2.29. The zero-order valence-corrected chi connectivity index (χ0v) is 10.8. The second-order valence-corrected chi connectivity index (χ2v) is 4.58. The molecule has 20 heavy (non-hydrogen) atoms. The monoisotopic (exact) mass is 268 g/mol. The number of likely N-dealkylation sites (N-methyl/N-ethyl adjacent to an activating group) is 1. The summed E-state index contributed by atoms with van der Waals surface area (Å²) < 4.78 is 0. The zero-order valence-electron chi connectivity index (χ0n) is 10.8. The van der Waals surface area contributed by atoms with Gasteiger partial charge in [0.2, 0.25) is 5.91 Å². The molecule has 0 aliphatic carbocycles. The van der Waals surface area contributed by atoms with E-state index in [1.165, 1.54) is 7.05 Å². The van der Waals surface area contributed by atoms with E-state index in [0.29, 0.717) is 16.5 Å². The van der Waals surface area contributed by atoms with Gasteiger partial charge in [0.05, 0.1) is 0 Å². The van der Waals surface area contributed by atoms with E-state index < -0.39 is 11.8 Å². The average Bonchev–Trinajstić information content (AvgIpc) is 2.48. The van der Waals surface area contributed by atoms with Crippen LogP contribution in [0.1, 0.15) is 20.7 Å². The molecule has 1 heterocycles. The van der Waals surface area contributed by atoms with Crippen LogP contribution in [0.3, 0.4) is 0 Å². The first-order valence-electron chi connectivity index (χ1n) is 6.22. The summed E-state index contributed by atoms with van der Waals surface area (Å²) >= 11 is 0. The fourth-order valence-corrected chi connectivity index (χ4v) is 2.45. The van der Waals surface area contributed by atoms with Gasteiger partial charge in [-0.2, -0.15) is 0 Å². The van der Waals surface area contributed by atoms with Gasteiger partial charge >= 0.3 is 0 Å². The van der Waals surface area contributed by atoms with Crippen LogP contribution >= 0.6 is 0 Å². The average molecular weight is 268 g/mol. The van der Waals surface area contributed by atoms with Crippen LogP contribution in [0.4, 0.5) is 0 Å². The molecule has 0 aromatic heterocycles. The predicted octanol–water partition coefficient (Wildman–Crippen LogP) is 1.18. The van der Waals surface area contributed by atoms with Gasteiger partial charge in [-0.05, 0) is 17.5 Å². The molecule has 0 unspecified atom stereocenters. The van der Waals surface area contributed by atoms with Crippen LogP contribution in [0.25, 0.3) is 10.8 Å². The number of carbonyl (C=O) groups is 3. The van der Waals surface area contributed by atoms with Crippen LogP contribution in [-0.2, 0) is 4.79 Å². The minimum Gasteiger partial charge on any atom is -0.358 e. The molecule has 2 aromatic carbocycles. The predicted molar refractivity (Wildman–Crippen MR) is 73.4 cm³/mol. The molecule has 2 aromatic rings. The standard InChI is InChI=1S/C15H12N2O3/c1-16-12(18)8-17-14(19)10-6-2-4-9-5-3-7-11(13(9)10)15(17)20/h2-7H,8H2,1H3,(H,16,18). The molecule has 0 atom stereocenters. The molecule has 5 nitrogen and oxygen atoms in total. The number of hydrogen-bond donors (Lipinski definition) is 1. The van der Waals surface area contributed by atoms with Crippen molar-refractivity contribution in [3.8, 4) is 0 Å². The number of rotatable bonds is 2. The molecular formula is C15H12N2O3. The third-order valence-corrected chi connectivity index (χ3v) is 3.44. The SMILES string of the molecule is CNC(=O)CN1C(=O)c2cccc3cccc(c23)C1=O. The van der Waals surface area contributed by atoms with E-state index in [1.807, 2.05) is 12.1 Å². The molecule has 0 fully saturated rings. The minimum atomic E-state index is -0.428. The highest BCUT2D eigenvalue weighted by atomic mass is 16.2. The van der Waals surface area contributed by atoms with E-state index in [-0.39, 0.29) is 12.5 Å². The Labute approximate surface area is 115 Å². The molecular weight excluding hydrogens is 256 g/mol. The second-order valence-electron chi connectivity index (χ2n) is 4.58. The first-order chi connectivity index (χ1) is 9.63. The Hall–Kier alpha value is -2.69. The Bertz CT molecular complexity index is 701. The summed E-state index contributed by atoms with van der Waals surface area (Å²) in [7, 11) is 1.47. The fraction of sp³-hybridized carbons (Fsp3) is 0.133. The van der Waals surface area contributed by atoms with Gasteiger partial charge in [0.1, 0.15) is 6.54 Å². The lowest BCUT2D eigenvalue weighted by Crippen LogP contribution is -2.45. The molecule has 0 spiro atoms. The molecule has 0 bridgehead atoms. The third kappa shape index (κ3) is 1.67. The molecule has 3 amide bonds. The number of hydrogen-bond acceptors (Lipinski definition) is 3. The molecule has 0 radical (unpaired) electrons. The summed E-state index contributed by atoms with van der Waals surface area (Å²) in [4.78, 5) is 37.2. The highest BCUT2D eigenvalue weighted by molar-refractivity contribution is 6.26. The minimum absolute atomic E-state index is 0.265. The van der Waals surface area contributed by atoms with E-state index in [9.17, 15) is 14.4 Å². The Morgan fingerprint density at radius 3 is 2.10 bits per heavy atom. The largest absolute Gasteiger partial charge is 0.358 e. The van der Waals surface area contributed by atoms with Crippen molar-refractivity contribution in [2.75, 3.05) is 13.6 Å². The van der Waals surface area contributed by atoms with Crippen molar-refractivity contribution < 1.29 is 14.4 Å². The first-order valence-corrected chi connectivity index (χ1v) is 6.22. The Balaban J connectivity index is 2.19. The number of nitrogens with zero attached hydrogens (tertiary/aromatic N) is 1. The van der Waals surface area contributed by atoms with E-state index in [1.54, 1.807) is 24.3 Å². The van der Waals surface area contributed by atoms with Crippen molar-refractivity contribution in [2.24, 2.45) is 0 Å². The van der Waals surface area contributed by atoms with Gasteiger partial charge in [0, 0.05) is 23.6 Å². The summed E-state index contributed by atoms with van der Waals surface area (Å²) in [6.45, 7) is -0.265. The zero-order chi connectivity index (χ0) is 14.3. The van der Waals surface area contributed by atoms with Gasteiger partial charge in [0.15, 0.2) is 0 Å². The van der Waals surface area contributed by atoms with E-state index in [0.717, 1.165) is 10.3 Å². The van der Waals surface area contributed by atoms with Crippen molar-refractivity contribution in [3.63, 3.8) is 0 Å². The maximum absolute atomic E-state index is 12.4. The Morgan fingerprint density at radius 1 is 1.05 bits per heavy atom. The number of amides is 3. The van der Waals surface area contributed by atoms with Crippen molar-refractivity contribution >= 4 is 28.5 Å². The molecule has 0 saturated heterocycles. The lowest BCUT2D eigenvalue weighted by molar-refractivity contribution is -0.120. The van der Waals surface area contributed by atoms with Crippen LogP contribution in [0.2, 0.25) is 0 Å². The van der Waals surface area contributed by atoms with Crippen LogP contribution in [0.15, 0.2) is 36.4 Å². The van der Waals surface area contributed by atoms with Crippen molar-refractivity contribution in [2.45, 2.75) is 0 Å². The number of carbonyl (C=O) groups excluding carboxylic acids is 3. The Kier molecular flexibility index (Phi) is 2.75. The summed E-state index contributed by atoms with van der Waals surface area (Å²) in [6.07, 6.45) is 0. The maximum Gasteiger partial charge on any atom is 0.261 e. The van der Waals surface area contributed by atoms with Gasteiger partial charge in [-0.1, -0.05) is 24.3 Å². The van der Waals surface area contributed by atoms with E-state index in [4.69, 9.17) is 0 Å². The Morgan fingerprint density at radius 2 is 1.60 bits per heavy atom. The molecule has 0 saturated carbocycles. The smallest absolute Gasteiger partial charge is 0.261 e. The maximum atomic E-state index is 12.4. The van der Waals surface area contributed by atoms with Gasteiger partial charge in [0.25, 0.3) is 11.8 Å². The van der Waals surface area contributed by atoms with Crippen LogP contribution in [0, 0.1) is 0 Å². The molecule has 1 aliphatic heterocycles. The molecule has 5 heteroatoms. The third-order valence-electron chi connectivity index (χ3n) is 3.44. The highest BCUT2D eigenvalue weighted by Gasteiger charge is 2.33. The first kappa shape index (κ1) is 12.3. The topological polar surface area (TPSA) is 66.5 Å². The molecule has 1 aliphatic rings. The number of imide groups is 1. The number of benzene rings is 2. The lowest BCUT2D eigenvalue weighted by atomic mass is 9.94. The summed E-state index contributed by atoms with van der Waals surface area (Å²) in [5.41, 5.74) is 0.920. The van der Waals surface area contributed by atoms with E-state index in [2.05, 4.69) is 5.32 Å². The van der Waals surface area contributed by atoms with Gasteiger partial charge in [-0.3, -0.25) is 19.3 Å². The molecule has 3 rings (SSSR count). The van der Waals surface area contributed by atoms with Gasteiger partial charge < -0.3 is 5.32 Å². The van der Waals surface area contributed by atoms with Crippen molar-refractivity contribution in [1.82, 2.24) is 10.2 Å². The van der Waals surface area contributed by atoms with Gasteiger partial charge in [-0.15, -0.1) is 0 Å². The van der Waals surface area contributed by atoms with Crippen LogP contribution < -0.4 is 5.32 Å². The van der Waals surface area contributed by atoms with E-state index >= 15 is 0 Å². The summed E-state index contributed by atoms with van der Waals surface area (Å²) in [5, 5.41) is 3.93. The molecule has 1 N–H and O–H groups in total. The quantitative estimate of drug-likeness (QED) is 0.832. The second kappa shape index (κ2) is 4.45. The van der Waals surface area contributed by atoms with Crippen LogP contribution in [0.5, 0.6) is 0 Å². The molecule has 100 valence electrons. The summed E-state index contributed by atoms with van der Waals surface area (Å²) in [6, 6.07) is 10.6. The van der Waals surface area contributed by atoms with Crippen molar-refractivity contribution in [3.05, 3.63) is 47.5 Å². The van der Waals surface area contributed by atoms with Crippen LogP contribution in [-0.4, -0.2) is 36.2 Å². The van der Waals surface area contributed by atoms with Gasteiger partial charge in [-0.25, -0.2) is 0 Å². The fourth-order valence-electron chi connectivity index (χ4n) is 2.45. The van der Waals surface area contributed by atoms with Crippen molar-refractivity contribution in [1.29, 1.82) is 0 Å². The number of nitrogens with one attached hydrogen (secondary N) is 1. The lowest BCUT2D eigenvalue weighted by Gasteiger charge is -2.26. The normalized spacial score (nSPS) is 13.8. The summed E-state index contributed by atoms with van der Waals surface area (Å²) in [5.74, 6) is -1.23.